The third-order valence-electron chi connectivity index (χ3n) is 4.91. The van der Waals surface area contributed by atoms with E-state index in [9.17, 15) is 0 Å². The number of rotatable bonds is 5. The lowest BCUT2D eigenvalue weighted by Gasteiger charge is -2.13. The number of hydrogen-bond donors (Lipinski definition) is 0. The SMILES string of the molecule is COc1cc2ncnc(-c3ccncc3)c2cc1OCc1ccc2ccccc2n1. The van der Waals surface area contributed by atoms with Crippen molar-refractivity contribution in [2.75, 3.05) is 7.11 Å². The van der Waals surface area contributed by atoms with E-state index in [0.29, 0.717) is 18.1 Å². The van der Waals surface area contributed by atoms with E-state index in [0.717, 1.165) is 38.8 Å². The van der Waals surface area contributed by atoms with Gasteiger partial charge in [0.25, 0.3) is 0 Å². The molecule has 0 aliphatic heterocycles. The molecule has 146 valence electrons. The van der Waals surface area contributed by atoms with Gasteiger partial charge in [0, 0.05) is 34.8 Å². The number of fused-ring (bicyclic) bond motifs is 2. The van der Waals surface area contributed by atoms with Gasteiger partial charge in [-0.05, 0) is 30.3 Å². The summed E-state index contributed by atoms with van der Waals surface area (Å²) in [6, 6.07) is 19.7. The van der Waals surface area contributed by atoms with E-state index >= 15 is 0 Å². The largest absolute Gasteiger partial charge is 0.493 e. The molecule has 6 nitrogen and oxygen atoms in total. The van der Waals surface area contributed by atoms with Gasteiger partial charge in [0.05, 0.1) is 29.5 Å². The van der Waals surface area contributed by atoms with Crippen LogP contribution >= 0.6 is 0 Å². The number of benzene rings is 2. The van der Waals surface area contributed by atoms with Crippen molar-refractivity contribution in [3.05, 3.63) is 85.1 Å². The van der Waals surface area contributed by atoms with Gasteiger partial charge in [-0.3, -0.25) is 4.98 Å². The first-order valence-electron chi connectivity index (χ1n) is 9.52. The molecule has 5 aromatic rings. The minimum atomic E-state index is 0.324. The number of hydrogen-bond acceptors (Lipinski definition) is 6. The van der Waals surface area contributed by atoms with E-state index in [4.69, 9.17) is 9.47 Å². The second kappa shape index (κ2) is 7.75. The van der Waals surface area contributed by atoms with Crippen LogP contribution in [0.2, 0.25) is 0 Å². The molecule has 0 radical (unpaired) electrons. The summed E-state index contributed by atoms with van der Waals surface area (Å²) in [5, 5.41) is 1.98. The Balaban J connectivity index is 1.52. The highest BCUT2D eigenvalue weighted by Crippen LogP contribution is 2.35. The predicted molar refractivity (Wildman–Crippen MR) is 115 cm³/mol. The molecule has 3 aromatic heterocycles. The zero-order valence-corrected chi connectivity index (χ0v) is 16.3. The molecule has 0 N–H and O–H groups in total. The fraction of sp³-hybridized carbons (Fsp3) is 0.0833. The maximum absolute atomic E-state index is 6.11. The molecule has 0 unspecified atom stereocenters. The second-order valence-corrected chi connectivity index (χ2v) is 6.76. The van der Waals surface area contributed by atoms with Gasteiger partial charge in [-0.25, -0.2) is 15.0 Å². The highest BCUT2D eigenvalue weighted by Gasteiger charge is 2.13. The fourth-order valence-corrected chi connectivity index (χ4v) is 3.42. The van der Waals surface area contributed by atoms with Crippen LogP contribution in [0.1, 0.15) is 5.69 Å². The number of pyridine rings is 2. The van der Waals surface area contributed by atoms with Gasteiger partial charge in [-0.1, -0.05) is 24.3 Å². The summed E-state index contributed by atoms with van der Waals surface area (Å²) in [4.78, 5) is 17.6. The molecule has 5 rings (SSSR count). The summed E-state index contributed by atoms with van der Waals surface area (Å²) in [7, 11) is 1.62. The van der Waals surface area contributed by atoms with Gasteiger partial charge in [-0.15, -0.1) is 0 Å². The maximum Gasteiger partial charge on any atom is 0.162 e. The van der Waals surface area contributed by atoms with Gasteiger partial charge in [0.1, 0.15) is 12.9 Å². The standard InChI is InChI=1S/C24H18N4O2/c1-29-22-13-21-19(24(27-15-26-21)17-8-10-25-11-9-17)12-23(22)30-14-18-7-6-16-4-2-3-5-20(16)28-18/h2-13,15H,14H2,1H3. The molecule has 3 heterocycles. The second-order valence-electron chi connectivity index (χ2n) is 6.76. The van der Waals surface area contributed by atoms with Crippen LogP contribution < -0.4 is 9.47 Å². The number of para-hydroxylation sites is 1. The molecule has 30 heavy (non-hydrogen) atoms. The Kier molecular flexibility index (Phi) is 4.65. The van der Waals surface area contributed by atoms with Crippen LogP contribution in [0.25, 0.3) is 33.1 Å². The normalized spacial score (nSPS) is 11.0. The summed E-state index contributed by atoms with van der Waals surface area (Å²) in [6.07, 6.45) is 5.04. The van der Waals surface area contributed by atoms with Crippen molar-refractivity contribution in [1.82, 2.24) is 19.9 Å². The Morgan fingerprint density at radius 1 is 0.833 bits per heavy atom. The number of aromatic nitrogens is 4. The van der Waals surface area contributed by atoms with Crippen molar-refractivity contribution in [1.29, 1.82) is 0 Å². The number of methoxy groups -OCH3 is 1. The molecule has 0 aliphatic rings. The Bertz CT molecular complexity index is 1340. The summed E-state index contributed by atoms with van der Waals surface area (Å²) < 4.78 is 11.6. The molecule has 6 heteroatoms. The molecule has 0 atom stereocenters. The molecule has 0 saturated carbocycles. The quantitative estimate of drug-likeness (QED) is 0.425. The number of nitrogens with zero attached hydrogens (tertiary/aromatic N) is 4. The monoisotopic (exact) mass is 394 g/mol. The average Bonchev–Trinajstić information content (AvgIpc) is 2.82. The summed E-state index contributed by atoms with van der Waals surface area (Å²) >= 11 is 0. The zero-order chi connectivity index (χ0) is 20.3. The first kappa shape index (κ1) is 18.0. The smallest absolute Gasteiger partial charge is 0.162 e. The van der Waals surface area contributed by atoms with Crippen LogP contribution in [0, 0.1) is 0 Å². The number of ether oxygens (including phenoxy) is 2. The lowest BCUT2D eigenvalue weighted by Crippen LogP contribution is -2.01. The summed E-state index contributed by atoms with van der Waals surface area (Å²) in [6.45, 7) is 0.324. The van der Waals surface area contributed by atoms with Gasteiger partial charge in [0.2, 0.25) is 0 Å². The van der Waals surface area contributed by atoms with Crippen molar-refractivity contribution in [2.45, 2.75) is 6.61 Å². The van der Waals surface area contributed by atoms with Crippen molar-refractivity contribution < 1.29 is 9.47 Å². The highest BCUT2D eigenvalue weighted by atomic mass is 16.5. The third kappa shape index (κ3) is 3.39. The van der Waals surface area contributed by atoms with Crippen molar-refractivity contribution in [3.63, 3.8) is 0 Å². The zero-order valence-electron chi connectivity index (χ0n) is 16.3. The summed E-state index contributed by atoms with van der Waals surface area (Å²) in [5.41, 5.74) is 4.35. The molecule has 0 amide bonds. The molecular weight excluding hydrogens is 376 g/mol. The van der Waals surface area contributed by atoms with Crippen LogP contribution in [0.3, 0.4) is 0 Å². The first-order valence-corrected chi connectivity index (χ1v) is 9.52. The van der Waals surface area contributed by atoms with E-state index in [-0.39, 0.29) is 0 Å². The molecule has 2 aromatic carbocycles. The minimum absolute atomic E-state index is 0.324. The minimum Gasteiger partial charge on any atom is -0.493 e. The van der Waals surface area contributed by atoms with E-state index in [1.165, 1.54) is 0 Å². The van der Waals surface area contributed by atoms with Crippen LogP contribution in [0.5, 0.6) is 11.5 Å². The Labute approximate surface area is 173 Å². The summed E-state index contributed by atoms with van der Waals surface area (Å²) in [5.74, 6) is 1.23. The van der Waals surface area contributed by atoms with Gasteiger partial charge in [-0.2, -0.15) is 0 Å². The first-order chi connectivity index (χ1) is 14.8. The van der Waals surface area contributed by atoms with Crippen molar-refractivity contribution in [3.8, 4) is 22.8 Å². The predicted octanol–water partition coefficient (Wildman–Crippen LogP) is 4.83. The Morgan fingerprint density at radius 2 is 1.70 bits per heavy atom. The van der Waals surface area contributed by atoms with E-state index in [1.807, 2.05) is 60.7 Å². The van der Waals surface area contributed by atoms with Gasteiger partial charge < -0.3 is 9.47 Å². The molecule has 0 fully saturated rings. The lowest BCUT2D eigenvalue weighted by molar-refractivity contribution is 0.281. The van der Waals surface area contributed by atoms with Crippen LogP contribution in [-0.4, -0.2) is 27.0 Å². The van der Waals surface area contributed by atoms with Crippen LogP contribution in [0.15, 0.2) is 79.4 Å². The maximum atomic E-state index is 6.11. The highest BCUT2D eigenvalue weighted by molar-refractivity contribution is 5.94. The van der Waals surface area contributed by atoms with Gasteiger partial charge in [0.15, 0.2) is 11.5 Å². The van der Waals surface area contributed by atoms with E-state index < -0.39 is 0 Å². The molecule has 0 aliphatic carbocycles. The average molecular weight is 394 g/mol. The molecular formula is C24H18N4O2. The van der Waals surface area contributed by atoms with Crippen molar-refractivity contribution in [2.24, 2.45) is 0 Å². The Hall–Kier alpha value is -4.06. The van der Waals surface area contributed by atoms with Gasteiger partial charge >= 0.3 is 0 Å². The third-order valence-corrected chi connectivity index (χ3v) is 4.91. The van der Waals surface area contributed by atoms with Crippen LogP contribution in [-0.2, 0) is 6.61 Å². The van der Waals surface area contributed by atoms with Crippen LogP contribution in [0.4, 0.5) is 0 Å². The van der Waals surface area contributed by atoms with E-state index in [1.54, 1.807) is 25.8 Å². The Morgan fingerprint density at radius 3 is 2.57 bits per heavy atom. The lowest BCUT2D eigenvalue weighted by atomic mass is 10.1. The molecule has 0 saturated heterocycles. The van der Waals surface area contributed by atoms with Crippen molar-refractivity contribution >= 4 is 21.8 Å². The molecule has 0 spiro atoms. The molecule has 0 bridgehead atoms. The van der Waals surface area contributed by atoms with E-state index in [2.05, 4.69) is 19.9 Å². The topological polar surface area (TPSA) is 70.0 Å². The fourth-order valence-electron chi connectivity index (χ4n) is 3.42.